The Balaban J connectivity index is 2.32. The zero-order valence-corrected chi connectivity index (χ0v) is 38.7. The van der Waals surface area contributed by atoms with Gasteiger partial charge in [-0.1, -0.05) is 58.1 Å². The second-order valence-corrected chi connectivity index (χ2v) is 21.0. The maximum Gasteiger partial charge on any atom is 0.460 e. The summed E-state index contributed by atoms with van der Waals surface area (Å²) in [6.07, 6.45) is -7.14. The van der Waals surface area contributed by atoms with E-state index in [1.807, 2.05) is 0 Å². The lowest BCUT2D eigenvalue weighted by molar-refractivity contribution is -0.461. The fourth-order valence-electron chi connectivity index (χ4n) is 6.80. The molecule has 2 atom stereocenters. The molecule has 0 spiro atoms. The van der Waals surface area contributed by atoms with Crippen LogP contribution >= 0.6 is 0 Å². The highest BCUT2D eigenvalue weighted by atomic mass is 28.4. The van der Waals surface area contributed by atoms with Gasteiger partial charge in [0.05, 0.1) is 19.8 Å². The second kappa shape index (κ2) is 23.6. The fourth-order valence-corrected chi connectivity index (χ4v) is 11.3. The highest BCUT2D eigenvalue weighted by Crippen LogP contribution is 2.64. The molecule has 0 aliphatic carbocycles. The number of rotatable bonds is 27. The van der Waals surface area contributed by atoms with Crippen LogP contribution in [0.25, 0.3) is 0 Å². The molecule has 2 amide bonds. The molecule has 2 rings (SSSR count). The van der Waals surface area contributed by atoms with E-state index >= 15 is 8.78 Å². The first kappa shape index (κ1) is 61.3. The summed E-state index contributed by atoms with van der Waals surface area (Å²) in [7, 11) is -1.26. The smallest absolute Gasteiger partial charge is 0.460 e. The third-order valence-corrected chi connectivity index (χ3v) is 16.6. The molecule has 2 aromatic carbocycles. The Morgan fingerprint density at radius 3 is 1.64 bits per heavy atom. The molecule has 0 aliphatic heterocycles. The van der Waals surface area contributed by atoms with Gasteiger partial charge in [-0.05, 0) is 71.9 Å². The van der Waals surface area contributed by atoms with Crippen LogP contribution < -0.4 is 20.3 Å². The summed E-state index contributed by atoms with van der Waals surface area (Å²) in [6.45, 7) is 4.24. The van der Waals surface area contributed by atoms with Gasteiger partial charge in [0.2, 0.25) is 0 Å². The lowest BCUT2D eigenvalue weighted by atomic mass is 9.88. The molecule has 28 heteroatoms. The van der Waals surface area contributed by atoms with Crippen LogP contribution in [0.2, 0.25) is 17.1 Å². The number of carbonyl (C=O) groups is 2. The molecule has 0 fully saturated rings. The molecule has 2 aromatic rings. The van der Waals surface area contributed by atoms with Crippen LogP contribution in [0.15, 0.2) is 72.8 Å². The predicted octanol–water partition coefficient (Wildman–Crippen LogP) is 13.0. The van der Waals surface area contributed by atoms with Crippen molar-refractivity contribution in [2.45, 2.75) is 124 Å². The molecule has 0 saturated carbocycles. The number of hydrogen-bond acceptors (Lipinski definition) is 8. The van der Waals surface area contributed by atoms with E-state index in [0.29, 0.717) is 23.4 Å². The zero-order chi connectivity index (χ0) is 54.0. The third kappa shape index (κ3) is 13.2. The quantitative estimate of drug-likeness (QED) is 0.0154. The SMILES string of the molecule is COc1ccc(NC(=O)O[C@@H](c2ccc(OCCO[Si](CCC(F)(F)C(F)(F)C(F)(F)C(F)(F)C(F)(F)C(F)(F)C(F)(F)C(F)(F)F)(C(C)C)C(C)C)cc2)[C@H](CC/C=C/C=C/C(=O)NO)OC)cc1. The standard InChI is InChI=1S/C42H49F17N2O8Si/c1-25(2)70(26(3)4,24-21-35(43,44)36(45,46)37(47,48)38(49,50)39(51,52)40(53,54)41(55,56)42(57,58)59)68-23-22-67-30-17-13-27(14-18-30)33(31(66-6)11-9-7-8-10-12-32(62)61-64)69-34(63)60-28-15-19-29(65-5)20-16-28/h7-8,10,12-20,25-26,31,33,64H,9,11,21-24H2,1-6H3,(H,60,63)(H,61,62)/b8-7+,12-10+/t31-,33-/m0/s1. The topological polar surface area (TPSA) is 125 Å². The van der Waals surface area contributed by atoms with Crippen molar-refractivity contribution in [1.29, 1.82) is 0 Å². The van der Waals surface area contributed by atoms with Crippen molar-refractivity contribution in [2.24, 2.45) is 0 Å². The van der Waals surface area contributed by atoms with Crippen LogP contribution in [0, 0.1) is 0 Å². The van der Waals surface area contributed by atoms with Gasteiger partial charge in [-0.15, -0.1) is 0 Å². The van der Waals surface area contributed by atoms with Crippen LogP contribution in [0.1, 0.15) is 58.6 Å². The number of hydroxylamine groups is 1. The van der Waals surface area contributed by atoms with Gasteiger partial charge in [-0.3, -0.25) is 15.3 Å². The molecule has 0 saturated heterocycles. The molecule has 10 nitrogen and oxygen atoms in total. The minimum Gasteiger partial charge on any atom is -0.497 e. The number of benzene rings is 2. The van der Waals surface area contributed by atoms with Crippen molar-refractivity contribution < 1.29 is 113 Å². The van der Waals surface area contributed by atoms with Gasteiger partial charge in [0.25, 0.3) is 5.91 Å². The van der Waals surface area contributed by atoms with E-state index in [0.717, 1.165) is 6.08 Å². The number of carbonyl (C=O) groups excluding carboxylic acids is 2. The van der Waals surface area contributed by atoms with Gasteiger partial charge in [-0.25, -0.2) is 10.3 Å². The zero-order valence-electron chi connectivity index (χ0n) is 37.7. The van der Waals surface area contributed by atoms with Crippen LogP contribution in [0.3, 0.4) is 0 Å². The molecular formula is C42H49F17N2O8Si. The van der Waals surface area contributed by atoms with Crippen molar-refractivity contribution in [3.8, 4) is 11.5 Å². The number of alkyl halides is 17. The van der Waals surface area contributed by atoms with Crippen molar-refractivity contribution in [2.75, 3.05) is 32.8 Å². The molecule has 0 unspecified atom stereocenters. The maximum atomic E-state index is 15.0. The molecule has 398 valence electrons. The summed E-state index contributed by atoms with van der Waals surface area (Å²) in [5.74, 6) is -57.1. The Bertz CT molecular complexity index is 2050. The van der Waals surface area contributed by atoms with E-state index in [1.165, 1.54) is 95.9 Å². The van der Waals surface area contributed by atoms with E-state index in [4.69, 9.17) is 28.6 Å². The number of nitrogens with one attached hydrogen (secondary N) is 2. The molecule has 3 N–H and O–H groups in total. The van der Waals surface area contributed by atoms with Gasteiger partial charge >= 0.3 is 53.7 Å². The minimum atomic E-state index is -8.71. The third-order valence-electron chi connectivity index (χ3n) is 10.9. The van der Waals surface area contributed by atoms with Crippen molar-refractivity contribution in [3.63, 3.8) is 0 Å². The van der Waals surface area contributed by atoms with Crippen LogP contribution in [-0.4, -0.2) is 107 Å². The van der Waals surface area contributed by atoms with E-state index in [2.05, 4.69) is 5.32 Å². The van der Waals surface area contributed by atoms with E-state index in [9.17, 15) is 75.4 Å². The average molecular weight is 1060 g/mol. The van der Waals surface area contributed by atoms with Crippen LogP contribution in [-0.2, 0) is 18.7 Å². The summed E-state index contributed by atoms with van der Waals surface area (Å²) >= 11 is 0. The lowest BCUT2D eigenvalue weighted by Crippen LogP contribution is -2.74. The Labute approximate surface area is 390 Å². The van der Waals surface area contributed by atoms with Crippen molar-refractivity contribution in [3.05, 3.63) is 78.4 Å². The first-order valence-electron chi connectivity index (χ1n) is 20.5. The van der Waals surface area contributed by atoms with Crippen LogP contribution in [0.5, 0.6) is 11.5 Å². The monoisotopic (exact) mass is 1060 g/mol. The van der Waals surface area contributed by atoms with Gasteiger partial charge < -0.3 is 23.4 Å². The molecule has 0 heterocycles. The number of ether oxygens (including phenoxy) is 4. The van der Waals surface area contributed by atoms with Gasteiger partial charge in [-0.2, -0.15) is 74.6 Å². The number of methoxy groups -OCH3 is 2. The molecule has 0 bridgehead atoms. The normalized spacial score (nSPS) is 14.9. The van der Waals surface area contributed by atoms with Crippen molar-refractivity contribution >= 4 is 26.0 Å². The Hall–Kier alpha value is -4.83. The highest BCUT2D eigenvalue weighted by Gasteiger charge is 2.95. The van der Waals surface area contributed by atoms with E-state index < -0.39 is 117 Å². The largest absolute Gasteiger partial charge is 0.497 e. The highest BCUT2D eigenvalue weighted by molar-refractivity contribution is 6.76. The summed E-state index contributed by atoms with van der Waals surface area (Å²) in [4.78, 5) is 24.3. The fraction of sp³-hybridized carbons (Fsp3) is 0.571. The Morgan fingerprint density at radius 2 is 1.17 bits per heavy atom. The molecular weight excluding hydrogens is 1010 g/mol. The predicted molar refractivity (Wildman–Crippen MR) is 218 cm³/mol. The first-order chi connectivity index (χ1) is 32.0. The summed E-state index contributed by atoms with van der Waals surface area (Å²) in [5.41, 5.74) is 0.300. The Kier molecular flexibility index (Phi) is 20.7. The summed E-state index contributed by atoms with van der Waals surface area (Å²) < 4.78 is 265. The lowest BCUT2D eigenvalue weighted by Gasteiger charge is -2.44. The average Bonchev–Trinajstić information content (AvgIpc) is 3.27. The van der Waals surface area contributed by atoms with Crippen LogP contribution in [0.4, 0.5) is 85.1 Å². The number of hydrogen-bond donors (Lipinski definition) is 3. The van der Waals surface area contributed by atoms with E-state index in [-0.39, 0.29) is 12.2 Å². The summed E-state index contributed by atoms with van der Waals surface area (Å²) in [5, 5.41) is 11.2. The molecule has 0 aliphatic rings. The molecule has 70 heavy (non-hydrogen) atoms. The maximum absolute atomic E-state index is 15.0. The first-order valence-corrected chi connectivity index (χ1v) is 22.8. The second-order valence-electron chi connectivity index (χ2n) is 16.0. The number of amides is 2. The van der Waals surface area contributed by atoms with Crippen molar-refractivity contribution in [1.82, 2.24) is 5.48 Å². The summed E-state index contributed by atoms with van der Waals surface area (Å²) in [6, 6.07) is 10.6. The molecule has 0 radical (unpaired) electrons. The number of allylic oxidation sites excluding steroid dienone is 3. The Morgan fingerprint density at radius 1 is 0.671 bits per heavy atom. The molecule has 0 aromatic heterocycles. The minimum absolute atomic E-state index is 0.0930. The van der Waals surface area contributed by atoms with Gasteiger partial charge in [0, 0.05) is 25.3 Å². The van der Waals surface area contributed by atoms with Gasteiger partial charge in [0.15, 0.2) is 14.4 Å². The van der Waals surface area contributed by atoms with Gasteiger partial charge in [0.1, 0.15) is 18.1 Å². The number of anilines is 1. The van der Waals surface area contributed by atoms with E-state index in [1.54, 1.807) is 18.2 Å². The number of halogens is 17.